The molecule has 300 valence electrons. The van der Waals surface area contributed by atoms with Crippen LogP contribution in [0.1, 0.15) is 96.1 Å². The average molecular weight is 773 g/mol. The van der Waals surface area contributed by atoms with Gasteiger partial charge in [-0.2, -0.15) is 11.8 Å². The molecule has 17 heteroatoms. The lowest BCUT2D eigenvalue weighted by molar-refractivity contribution is -0.137. The van der Waals surface area contributed by atoms with Crippen LogP contribution in [0.4, 0.5) is 10.6 Å². The summed E-state index contributed by atoms with van der Waals surface area (Å²) in [5, 5.41) is 40.6. The third-order valence-electron chi connectivity index (χ3n) is 10.3. The third-order valence-corrected chi connectivity index (χ3v) is 11.8. The van der Waals surface area contributed by atoms with Crippen molar-refractivity contribution in [3.05, 3.63) is 12.7 Å². The summed E-state index contributed by atoms with van der Waals surface area (Å²) in [7, 11) is 1.83. The summed E-state index contributed by atoms with van der Waals surface area (Å²) in [5.41, 5.74) is 0.940. The zero-order chi connectivity index (χ0) is 38.1. The number of rotatable bonds is 26. The molecule has 0 aliphatic carbocycles. The number of aliphatic hydroxyl groups is 2. The van der Waals surface area contributed by atoms with E-state index in [0.29, 0.717) is 53.8 Å². The first-order chi connectivity index (χ1) is 26.3. The second kappa shape index (κ2) is 22.4. The molecule has 0 radical (unpaired) electrons. The van der Waals surface area contributed by atoms with Crippen LogP contribution in [0, 0.1) is 0 Å². The largest absolute Gasteiger partial charge is 0.481 e. The number of carboxylic acid groups (broad SMARTS) is 1. The van der Waals surface area contributed by atoms with Gasteiger partial charge in [-0.3, -0.25) is 14.4 Å². The SMILES string of the molecule is CN(CCCC(=O)O)C[C@H]1O[C@@H](n2cnc3c(/N=C/CCCCC/C=N\CCCCCNCCCCC[C@H]4SC[C@H]5NC(=O)N[C@H]54)ncnc32)[C@H](O)[C@@H]1O. The quantitative estimate of drug-likeness (QED) is 0.0461. The maximum atomic E-state index is 11.5. The number of likely N-dealkylation sites (N-methyl/N-ethyl adjacent to an activating group) is 1. The summed E-state index contributed by atoms with van der Waals surface area (Å²) in [5.74, 6) is 0.627. The Bertz CT molecular complexity index is 1510. The monoisotopic (exact) mass is 772 g/mol. The summed E-state index contributed by atoms with van der Waals surface area (Å²) in [4.78, 5) is 46.4. The fourth-order valence-electron chi connectivity index (χ4n) is 7.28. The van der Waals surface area contributed by atoms with Crippen molar-refractivity contribution in [3.8, 4) is 0 Å². The molecular formula is C37H60N10O6S. The van der Waals surface area contributed by atoms with E-state index >= 15 is 0 Å². The number of nitrogens with one attached hydrogen (secondary N) is 3. The molecule has 2 aromatic heterocycles. The molecule has 3 fully saturated rings. The number of hydrogen-bond acceptors (Lipinski definition) is 13. The number of fused-ring (bicyclic) bond motifs is 2. The first kappa shape index (κ1) is 41.9. The van der Waals surface area contributed by atoms with Gasteiger partial charge in [-0.05, 0) is 90.7 Å². The molecule has 16 nitrogen and oxygen atoms in total. The topological polar surface area (TPSA) is 212 Å². The minimum absolute atomic E-state index is 0.00143. The molecule has 2 aromatic rings. The highest BCUT2D eigenvalue weighted by Gasteiger charge is 2.45. The van der Waals surface area contributed by atoms with Gasteiger partial charge in [0.25, 0.3) is 0 Å². The molecule has 7 atom stereocenters. The van der Waals surface area contributed by atoms with E-state index in [-0.39, 0.29) is 12.5 Å². The Balaban J connectivity index is 0.865. The molecule has 3 aliphatic rings. The summed E-state index contributed by atoms with van der Waals surface area (Å²) in [6.45, 7) is 3.92. The molecule has 0 aromatic carbocycles. The average Bonchev–Trinajstić information content (AvgIpc) is 3.91. The maximum Gasteiger partial charge on any atom is 0.315 e. The highest BCUT2D eigenvalue weighted by Crippen LogP contribution is 2.34. The van der Waals surface area contributed by atoms with Gasteiger partial charge in [-0.25, -0.2) is 24.7 Å². The minimum Gasteiger partial charge on any atom is -0.481 e. The number of aliphatic carboxylic acids is 1. The van der Waals surface area contributed by atoms with Crippen molar-refractivity contribution in [2.45, 2.75) is 132 Å². The Morgan fingerprint density at radius 2 is 1.80 bits per heavy atom. The first-order valence-corrected chi connectivity index (χ1v) is 20.9. The van der Waals surface area contributed by atoms with Crippen LogP contribution in [0.3, 0.4) is 0 Å². The van der Waals surface area contributed by atoms with Gasteiger partial charge < -0.3 is 40.9 Å². The molecular weight excluding hydrogens is 713 g/mol. The van der Waals surface area contributed by atoms with E-state index in [0.717, 1.165) is 63.9 Å². The number of unbranched alkanes of at least 4 members (excludes halogenated alkanes) is 8. The number of aliphatic imine (C=N–C) groups is 2. The number of carboxylic acids is 1. The number of aromatic nitrogens is 4. The van der Waals surface area contributed by atoms with Crippen LogP contribution in [0.15, 0.2) is 22.6 Å². The van der Waals surface area contributed by atoms with Gasteiger partial charge in [-0.15, -0.1) is 0 Å². The number of carbonyl (C=O) groups is 2. The van der Waals surface area contributed by atoms with Crippen LogP contribution < -0.4 is 16.0 Å². The molecule has 3 aliphatic heterocycles. The van der Waals surface area contributed by atoms with Crippen LogP contribution in [0.5, 0.6) is 0 Å². The first-order valence-electron chi connectivity index (χ1n) is 19.8. The summed E-state index contributed by atoms with van der Waals surface area (Å²) in [6, 6.07) is 0.648. The normalized spacial score (nSPS) is 25.4. The number of amides is 2. The Kier molecular flexibility index (Phi) is 17.4. The zero-order valence-electron chi connectivity index (χ0n) is 31.6. The second-order valence-electron chi connectivity index (χ2n) is 14.6. The molecule has 6 N–H and O–H groups in total. The predicted octanol–water partition coefficient (Wildman–Crippen LogP) is 3.45. The molecule has 0 bridgehead atoms. The van der Waals surface area contributed by atoms with E-state index < -0.39 is 30.5 Å². The number of carbonyl (C=O) groups excluding carboxylic acids is 1. The van der Waals surface area contributed by atoms with Crippen molar-refractivity contribution in [2.75, 3.05) is 45.5 Å². The van der Waals surface area contributed by atoms with E-state index in [4.69, 9.17) is 9.84 Å². The number of aliphatic hydroxyl groups excluding tert-OH is 2. The third kappa shape index (κ3) is 12.7. The van der Waals surface area contributed by atoms with Gasteiger partial charge in [0.05, 0.1) is 18.4 Å². The fourth-order valence-corrected chi connectivity index (χ4v) is 8.82. The van der Waals surface area contributed by atoms with Gasteiger partial charge in [0.2, 0.25) is 0 Å². The van der Waals surface area contributed by atoms with Gasteiger partial charge >= 0.3 is 12.0 Å². The predicted molar refractivity (Wildman–Crippen MR) is 211 cm³/mol. The van der Waals surface area contributed by atoms with Crippen LogP contribution in [0.25, 0.3) is 11.2 Å². The number of nitrogens with zero attached hydrogens (tertiary/aromatic N) is 7. The smallest absolute Gasteiger partial charge is 0.315 e. The minimum atomic E-state index is -1.19. The molecule has 0 spiro atoms. The van der Waals surface area contributed by atoms with Crippen LogP contribution in [-0.4, -0.2) is 145 Å². The van der Waals surface area contributed by atoms with E-state index in [9.17, 15) is 19.8 Å². The lowest BCUT2D eigenvalue weighted by Crippen LogP contribution is -2.38. The fraction of sp³-hybridized carbons (Fsp3) is 0.757. The van der Waals surface area contributed by atoms with Crippen LogP contribution >= 0.6 is 11.8 Å². The molecule has 5 rings (SSSR count). The van der Waals surface area contributed by atoms with Crippen molar-refractivity contribution < 1.29 is 29.6 Å². The second-order valence-corrected chi connectivity index (χ2v) is 15.9. The van der Waals surface area contributed by atoms with E-state index in [1.165, 1.54) is 51.2 Å². The van der Waals surface area contributed by atoms with Crippen LogP contribution in [0.2, 0.25) is 0 Å². The number of ether oxygens (including phenoxy) is 1. The zero-order valence-corrected chi connectivity index (χ0v) is 32.4. The highest BCUT2D eigenvalue weighted by atomic mass is 32.2. The number of urea groups is 1. The molecule has 0 saturated carbocycles. The van der Waals surface area contributed by atoms with Crippen LogP contribution in [-0.2, 0) is 9.53 Å². The summed E-state index contributed by atoms with van der Waals surface area (Å²) >= 11 is 2.00. The number of thioether (sulfide) groups is 1. The van der Waals surface area contributed by atoms with Gasteiger partial charge in [0.1, 0.15) is 24.6 Å². The van der Waals surface area contributed by atoms with Gasteiger partial charge in [-0.1, -0.05) is 25.7 Å². The maximum absolute atomic E-state index is 11.5. The van der Waals surface area contributed by atoms with Crippen molar-refractivity contribution in [3.63, 3.8) is 0 Å². The lowest BCUT2D eigenvalue weighted by atomic mass is 10.0. The van der Waals surface area contributed by atoms with E-state index in [1.54, 1.807) is 4.57 Å². The molecule has 3 saturated heterocycles. The summed E-state index contributed by atoms with van der Waals surface area (Å²) in [6.07, 6.45) is 16.9. The van der Waals surface area contributed by atoms with E-state index in [1.807, 2.05) is 29.9 Å². The Morgan fingerprint density at radius 1 is 1.02 bits per heavy atom. The summed E-state index contributed by atoms with van der Waals surface area (Å²) < 4.78 is 7.64. The Morgan fingerprint density at radius 3 is 2.61 bits per heavy atom. The van der Waals surface area contributed by atoms with Gasteiger partial charge in [0, 0.05) is 36.7 Å². The number of hydrogen-bond donors (Lipinski definition) is 6. The molecule has 0 unspecified atom stereocenters. The van der Waals surface area contributed by atoms with E-state index in [2.05, 4.69) is 47.1 Å². The standard InChI is InChI=1S/C37H60N10O6S/c1-46(21-13-15-29(48)49)22-27-32(50)33(51)36(53-27)47-25-43-31-34(41-24-42-35(31)47)40-20-12-4-2-3-8-16-38-18-10-6-11-19-39-17-9-5-7-14-28-30-26(23-54-28)44-37(52)45-30/h16,20,24-28,30,32-33,36,39,50-51H,2-15,17-19,21-23H2,1H3,(H,48,49)(H2,44,45,52)/b38-16-,40-20+/t26-,27-,28-,30-,32-,33-,36-/m1/s1. The van der Waals surface area contributed by atoms with Crippen molar-refractivity contribution in [1.82, 2.24) is 40.4 Å². The number of imidazole rings is 1. The highest BCUT2D eigenvalue weighted by molar-refractivity contribution is 8.00. The van der Waals surface area contributed by atoms with Crippen molar-refractivity contribution in [2.24, 2.45) is 9.98 Å². The lowest BCUT2D eigenvalue weighted by Gasteiger charge is -2.22. The van der Waals surface area contributed by atoms with Gasteiger partial charge in [0.15, 0.2) is 23.2 Å². The van der Waals surface area contributed by atoms with Crippen molar-refractivity contribution >= 4 is 53.2 Å². The molecule has 54 heavy (non-hydrogen) atoms. The molecule has 2 amide bonds. The Hall–Kier alpha value is -3.22. The Labute approximate surface area is 322 Å². The van der Waals surface area contributed by atoms with Crippen molar-refractivity contribution in [1.29, 1.82) is 0 Å². The molecule has 5 heterocycles.